The Kier molecular flexibility index (Phi) is 6.33. The molecule has 17 heavy (non-hydrogen) atoms. The molecule has 0 bridgehead atoms. The van der Waals surface area contributed by atoms with Crippen molar-refractivity contribution in [2.75, 3.05) is 6.61 Å². The molecule has 1 aromatic rings. The Morgan fingerprint density at radius 3 is 2.65 bits per heavy atom. The van der Waals surface area contributed by atoms with Crippen molar-refractivity contribution in [3.63, 3.8) is 0 Å². The van der Waals surface area contributed by atoms with Gasteiger partial charge in [0, 0.05) is 19.1 Å². The van der Waals surface area contributed by atoms with Gasteiger partial charge in [-0.25, -0.2) is 0 Å². The zero-order valence-corrected chi connectivity index (χ0v) is 10.4. The summed E-state index contributed by atoms with van der Waals surface area (Å²) in [6.45, 7) is 2.13. The number of carbonyl (C=O) groups is 1. The van der Waals surface area contributed by atoms with Crippen molar-refractivity contribution in [3.8, 4) is 0 Å². The number of aliphatic hydroxyl groups excluding tert-OH is 1. The van der Waals surface area contributed by atoms with Crippen LogP contribution in [0.2, 0.25) is 0 Å². The van der Waals surface area contributed by atoms with Gasteiger partial charge in [-0.05, 0) is 24.8 Å². The molecule has 0 aliphatic heterocycles. The summed E-state index contributed by atoms with van der Waals surface area (Å²) in [5, 5.41) is 11.8. The molecular formula is C14H21NO2. The minimum Gasteiger partial charge on any atom is -0.396 e. The highest BCUT2D eigenvalue weighted by molar-refractivity contribution is 5.76. The predicted molar refractivity (Wildman–Crippen MR) is 68.7 cm³/mol. The Hall–Kier alpha value is -1.35. The zero-order valence-electron chi connectivity index (χ0n) is 10.4. The maximum Gasteiger partial charge on any atom is 0.220 e. The van der Waals surface area contributed by atoms with Crippen LogP contribution in [0, 0.1) is 0 Å². The van der Waals surface area contributed by atoms with E-state index in [2.05, 4.69) is 5.32 Å². The second-order valence-corrected chi connectivity index (χ2v) is 4.17. The Morgan fingerprint density at radius 1 is 1.35 bits per heavy atom. The predicted octanol–water partition coefficient (Wildman–Crippen LogP) is 1.90. The largest absolute Gasteiger partial charge is 0.396 e. The van der Waals surface area contributed by atoms with E-state index in [0.717, 1.165) is 12.8 Å². The third-order valence-electron chi connectivity index (χ3n) is 2.82. The molecule has 94 valence electrons. The molecule has 0 fully saturated rings. The van der Waals surface area contributed by atoms with Gasteiger partial charge in [-0.3, -0.25) is 4.79 Å². The molecule has 0 aromatic heterocycles. The molecular weight excluding hydrogens is 214 g/mol. The van der Waals surface area contributed by atoms with Crippen LogP contribution in [-0.4, -0.2) is 23.7 Å². The van der Waals surface area contributed by atoms with Crippen LogP contribution in [0.3, 0.4) is 0 Å². The van der Waals surface area contributed by atoms with Crippen molar-refractivity contribution in [2.45, 2.75) is 38.6 Å². The van der Waals surface area contributed by atoms with Crippen LogP contribution >= 0.6 is 0 Å². The molecule has 0 radical (unpaired) electrons. The molecule has 1 rings (SSSR count). The number of nitrogens with one attached hydrogen (secondary N) is 1. The standard InChI is InChI=1S/C14H21NO2/c1-2-13(10-11-16)15-14(17)9-8-12-6-4-3-5-7-12/h3-7,13,16H,2,8-11H2,1H3,(H,15,17). The molecule has 3 heteroatoms. The molecule has 2 N–H and O–H groups in total. The normalized spacial score (nSPS) is 12.1. The summed E-state index contributed by atoms with van der Waals surface area (Å²) in [4.78, 5) is 11.7. The van der Waals surface area contributed by atoms with E-state index in [0.29, 0.717) is 12.8 Å². The van der Waals surface area contributed by atoms with Gasteiger partial charge < -0.3 is 10.4 Å². The van der Waals surface area contributed by atoms with E-state index in [1.54, 1.807) is 0 Å². The molecule has 1 unspecified atom stereocenters. The zero-order chi connectivity index (χ0) is 12.5. The van der Waals surface area contributed by atoms with E-state index < -0.39 is 0 Å². The van der Waals surface area contributed by atoms with E-state index in [4.69, 9.17) is 5.11 Å². The summed E-state index contributed by atoms with van der Waals surface area (Å²) in [6, 6.07) is 10.1. The molecule has 0 heterocycles. The van der Waals surface area contributed by atoms with E-state index in [1.807, 2.05) is 37.3 Å². The number of benzene rings is 1. The molecule has 1 amide bonds. The summed E-state index contributed by atoms with van der Waals surface area (Å²) in [5.41, 5.74) is 1.18. The van der Waals surface area contributed by atoms with Crippen LogP contribution in [0.5, 0.6) is 0 Å². The van der Waals surface area contributed by atoms with E-state index in [-0.39, 0.29) is 18.6 Å². The fourth-order valence-corrected chi connectivity index (χ4v) is 1.74. The van der Waals surface area contributed by atoms with Crippen molar-refractivity contribution >= 4 is 5.91 Å². The molecule has 1 atom stereocenters. The quantitative estimate of drug-likeness (QED) is 0.758. The summed E-state index contributed by atoms with van der Waals surface area (Å²) >= 11 is 0. The van der Waals surface area contributed by atoms with Crippen molar-refractivity contribution in [1.82, 2.24) is 5.32 Å². The molecule has 3 nitrogen and oxygen atoms in total. The average Bonchev–Trinajstić information content (AvgIpc) is 2.37. The summed E-state index contributed by atoms with van der Waals surface area (Å²) < 4.78 is 0. The van der Waals surface area contributed by atoms with E-state index in [9.17, 15) is 4.79 Å². The number of hydrogen-bond acceptors (Lipinski definition) is 2. The second-order valence-electron chi connectivity index (χ2n) is 4.17. The average molecular weight is 235 g/mol. The van der Waals surface area contributed by atoms with Gasteiger partial charge >= 0.3 is 0 Å². The summed E-state index contributed by atoms with van der Waals surface area (Å²) in [6.07, 6.45) is 2.76. The van der Waals surface area contributed by atoms with Crippen molar-refractivity contribution in [1.29, 1.82) is 0 Å². The monoisotopic (exact) mass is 235 g/mol. The number of aliphatic hydroxyl groups is 1. The summed E-state index contributed by atoms with van der Waals surface area (Å²) in [7, 11) is 0. The second kappa shape index (κ2) is 7.85. The lowest BCUT2D eigenvalue weighted by Crippen LogP contribution is -2.35. The van der Waals surface area contributed by atoms with Crippen LogP contribution in [-0.2, 0) is 11.2 Å². The van der Waals surface area contributed by atoms with Gasteiger partial charge in [0.25, 0.3) is 0 Å². The van der Waals surface area contributed by atoms with Crippen LogP contribution in [0.1, 0.15) is 31.7 Å². The van der Waals surface area contributed by atoms with Crippen molar-refractivity contribution in [3.05, 3.63) is 35.9 Å². The highest BCUT2D eigenvalue weighted by Crippen LogP contribution is 2.03. The lowest BCUT2D eigenvalue weighted by Gasteiger charge is -2.15. The molecule has 0 aliphatic carbocycles. The third-order valence-corrected chi connectivity index (χ3v) is 2.82. The number of carbonyl (C=O) groups excluding carboxylic acids is 1. The van der Waals surface area contributed by atoms with Gasteiger partial charge in [-0.15, -0.1) is 0 Å². The van der Waals surface area contributed by atoms with E-state index >= 15 is 0 Å². The van der Waals surface area contributed by atoms with E-state index in [1.165, 1.54) is 5.56 Å². The molecule has 0 saturated heterocycles. The Bertz CT molecular complexity index is 324. The van der Waals surface area contributed by atoms with Gasteiger partial charge in [-0.2, -0.15) is 0 Å². The van der Waals surface area contributed by atoms with Crippen LogP contribution in [0.4, 0.5) is 0 Å². The van der Waals surface area contributed by atoms with Gasteiger partial charge in [-0.1, -0.05) is 37.3 Å². The molecule has 0 aliphatic rings. The van der Waals surface area contributed by atoms with Gasteiger partial charge in [0.15, 0.2) is 0 Å². The maximum absolute atomic E-state index is 11.7. The SMILES string of the molecule is CCC(CCO)NC(=O)CCc1ccccc1. The van der Waals surface area contributed by atoms with Gasteiger partial charge in [0.05, 0.1) is 0 Å². The first kappa shape index (κ1) is 13.7. The lowest BCUT2D eigenvalue weighted by atomic mass is 10.1. The first-order valence-corrected chi connectivity index (χ1v) is 6.20. The Morgan fingerprint density at radius 2 is 2.06 bits per heavy atom. The lowest BCUT2D eigenvalue weighted by molar-refractivity contribution is -0.121. The topological polar surface area (TPSA) is 49.3 Å². The number of hydrogen-bond donors (Lipinski definition) is 2. The molecule has 0 spiro atoms. The summed E-state index contributed by atoms with van der Waals surface area (Å²) in [5.74, 6) is 0.0640. The highest BCUT2D eigenvalue weighted by atomic mass is 16.3. The minimum absolute atomic E-state index is 0.0640. The first-order chi connectivity index (χ1) is 8.26. The van der Waals surface area contributed by atoms with Gasteiger partial charge in [0.2, 0.25) is 5.91 Å². The number of aryl methyl sites for hydroxylation is 1. The maximum atomic E-state index is 11.7. The van der Waals surface area contributed by atoms with Gasteiger partial charge in [0.1, 0.15) is 0 Å². The van der Waals surface area contributed by atoms with Crippen molar-refractivity contribution in [2.24, 2.45) is 0 Å². The third kappa shape index (κ3) is 5.50. The molecule has 1 aromatic carbocycles. The van der Waals surface area contributed by atoms with Crippen molar-refractivity contribution < 1.29 is 9.90 Å². The van der Waals surface area contributed by atoms with Crippen LogP contribution in [0.15, 0.2) is 30.3 Å². The minimum atomic E-state index is 0.0640. The Balaban J connectivity index is 2.30. The Labute approximate surface area is 103 Å². The number of rotatable bonds is 7. The highest BCUT2D eigenvalue weighted by Gasteiger charge is 2.09. The molecule has 0 saturated carbocycles. The fraction of sp³-hybridized carbons (Fsp3) is 0.500. The van der Waals surface area contributed by atoms with Crippen LogP contribution in [0.25, 0.3) is 0 Å². The number of amides is 1. The van der Waals surface area contributed by atoms with Crippen LogP contribution < -0.4 is 5.32 Å². The smallest absolute Gasteiger partial charge is 0.220 e. The fourth-order valence-electron chi connectivity index (χ4n) is 1.74. The first-order valence-electron chi connectivity index (χ1n) is 6.20.